The molecular formula is C60H110O6. The summed E-state index contributed by atoms with van der Waals surface area (Å²) in [5.74, 6) is -0.896. The molecule has 0 aromatic heterocycles. The summed E-state index contributed by atoms with van der Waals surface area (Å²) in [6, 6.07) is 0. The van der Waals surface area contributed by atoms with E-state index < -0.39 is 6.10 Å². The fourth-order valence-corrected chi connectivity index (χ4v) is 8.49. The molecule has 0 aliphatic rings. The summed E-state index contributed by atoms with van der Waals surface area (Å²) in [7, 11) is 0. The Morgan fingerprint density at radius 3 is 0.864 bits per heavy atom. The van der Waals surface area contributed by atoms with Crippen LogP contribution in [-0.2, 0) is 28.6 Å². The first-order chi connectivity index (χ1) is 32.5. The third-order valence-corrected chi connectivity index (χ3v) is 12.9. The van der Waals surface area contributed by atoms with Crippen LogP contribution in [0.15, 0.2) is 36.5 Å². The van der Waals surface area contributed by atoms with Crippen LogP contribution < -0.4 is 0 Å². The van der Waals surface area contributed by atoms with Crippen molar-refractivity contribution in [3.63, 3.8) is 0 Å². The van der Waals surface area contributed by atoms with Crippen LogP contribution in [0.25, 0.3) is 0 Å². The molecule has 6 nitrogen and oxygen atoms in total. The SMILES string of the molecule is CCCCCCCCC/C=C\C=C/CCCCCC(=O)OC(COC(=O)CCCCCCCCC/C=C\CCCCCCCCCC)COC(=O)CCCCCCCCCCCCCCC. The van der Waals surface area contributed by atoms with Gasteiger partial charge >= 0.3 is 17.9 Å². The first-order valence-corrected chi connectivity index (χ1v) is 29.0. The second-order valence-electron chi connectivity index (χ2n) is 19.6. The number of unbranched alkanes of at least 4 members (excludes halogenated alkanes) is 37. The van der Waals surface area contributed by atoms with E-state index >= 15 is 0 Å². The molecular weight excluding hydrogens is 817 g/mol. The van der Waals surface area contributed by atoms with Crippen molar-refractivity contribution in [2.24, 2.45) is 0 Å². The van der Waals surface area contributed by atoms with E-state index in [9.17, 15) is 14.4 Å². The van der Waals surface area contributed by atoms with Crippen LogP contribution in [0.2, 0.25) is 0 Å². The van der Waals surface area contributed by atoms with E-state index in [2.05, 4.69) is 57.2 Å². The highest BCUT2D eigenvalue weighted by Gasteiger charge is 2.19. The lowest BCUT2D eigenvalue weighted by atomic mass is 10.0. The third-order valence-electron chi connectivity index (χ3n) is 12.9. The second kappa shape index (κ2) is 55.2. The Kier molecular flexibility index (Phi) is 53.2. The zero-order valence-electron chi connectivity index (χ0n) is 44.2. The zero-order valence-corrected chi connectivity index (χ0v) is 44.2. The Labute approximate surface area is 410 Å². The number of esters is 3. The molecule has 0 aliphatic heterocycles. The summed E-state index contributed by atoms with van der Waals surface area (Å²) < 4.78 is 16.8. The van der Waals surface area contributed by atoms with E-state index in [0.717, 1.165) is 70.6 Å². The number of allylic oxidation sites excluding steroid dienone is 6. The highest BCUT2D eigenvalue weighted by atomic mass is 16.6. The highest BCUT2D eigenvalue weighted by Crippen LogP contribution is 2.16. The van der Waals surface area contributed by atoms with Gasteiger partial charge in [0.05, 0.1) is 0 Å². The Morgan fingerprint density at radius 1 is 0.303 bits per heavy atom. The predicted octanol–water partition coefficient (Wildman–Crippen LogP) is 19.3. The van der Waals surface area contributed by atoms with E-state index in [-0.39, 0.29) is 31.1 Å². The second-order valence-corrected chi connectivity index (χ2v) is 19.6. The number of rotatable bonds is 53. The van der Waals surface area contributed by atoms with Gasteiger partial charge in [0.1, 0.15) is 13.2 Å². The number of carbonyl (C=O) groups is 3. The van der Waals surface area contributed by atoms with Gasteiger partial charge in [0.2, 0.25) is 0 Å². The van der Waals surface area contributed by atoms with Gasteiger partial charge in [-0.2, -0.15) is 0 Å². The number of hydrogen-bond acceptors (Lipinski definition) is 6. The van der Waals surface area contributed by atoms with E-state index in [4.69, 9.17) is 14.2 Å². The minimum atomic E-state index is -0.784. The standard InChI is InChI=1S/C60H110O6/c1-4-7-10-13-16-19-22-25-27-29-30-31-33-35-38-41-44-47-50-53-59(62)65-56-57(55-64-58(61)52-49-46-43-40-37-34-24-21-18-15-12-9-6-3)66-60(63)54-51-48-45-42-39-36-32-28-26-23-20-17-14-11-8-5-2/h28-30,32,36,39,57H,4-27,31,33-35,37-38,40-56H2,1-3H3/b30-29-,32-28-,39-36-. The molecule has 0 amide bonds. The molecule has 6 heteroatoms. The summed E-state index contributed by atoms with van der Waals surface area (Å²) in [6.07, 6.45) is 65.6. The van der Waals surface area contributed by atoms with Crippen molar-refractivity contribution in [1.29, 1.82) is 0 Å². The van der Waals surface area contributed by atoms with Crippen molar-refractivity contribution in [2.45, 2.75) is 316 Å². The molecule has 0 aromatic carbocycles. The largest absolute Gasteiger partial charge is 0.462 e. The van der Waals surface area contributed by atoms with Crippen LogP contribution >= 0.6 is 0 Å². The van der Waals surface area contributed by atoms with Crippen LogP contribution in [-0.4, -0.2) is 37.2 Å². The minimum Gasteiger partial charge on any atom is -0.462 e. The maximum atomic E-state index is 12.8. The first-order valence-electron chi connectivity index (χ1n) is 29.0. The van der Waals surface area contributed by atoms with Gasteiger partial charge < -0.3 is 14.2 Å². The summed E-state index contributed by atoms with van der Waals surface area (Å²) in [6.45, 7) is 6.64. The van der Waals surface area contributed by atoms with Gasteiger partial charge in [-0.3, -0.25) is 14.4 Å². The third kappa shape index (κ3) is 52.6. The van der Waals surface area contributed by atoms with Crippen molar-refractivity contribution in [3.05, 3.63) is 36.5 Å². The number of ether oxygens (including phenoxy) is 3. The van der Waals surface area contributed by atoms with Gasteiger partial charge in [-0.05, 0) is 70.6 Å². The van der Waals surface area contributed by atoms with Crippen molar-refractivity contribution in [3.8, 4) is 0 Å². The van der Waals surface area contributed by atoms with E-state index in [0.29, 0.717) is 19.3 Å². The molecule has 0 heterocycles. The van der Waals surface area contributed by atoms with Gasteiger partial charge in [-0.1, -0.05) is 256 Å². The van der Waals surface area contributed by atoms with Crippen LogP contribution in [0.5, 0.6) is 0 Å². The van der Waals surface area contributed by atoms with Crippen LogP contribution in [0.1, 0.15) is 310 Å². The van der Waals surface area contributed by atoms with Gasteiger partial charge in [0.15, 0.2) is 6.10 Å². The van der Waals surface area contributed by atoms with E-state index in [1.54, 1.807) is 0 Å². The first kappa shape index (κ1) is 63.6. The molecule has 0 saturated carbocycles. The summed E-state index contributed by atoms with van der Waals surface area (Å²) in [5.41, 5.74) is 0. The lowest BCUT2D eigenvalue weighted by Crippen LogP contribution is -2.30. The Hall–Kier alpha value is -2.37. The molecule has 0 aliphatic carbocycles. The minimum absolute atomic E-state index is 0.0807. The molecule has 0 rings (SSSR count). The monoisotopic (exact) mass is 927 g/mol. The predicted molar refractivity (Wildman–Crippen MR) is 284 cm³/mol. The van der Waals surface area contributed by atoms with Crippen LogP contribution in [0, 0.1) is 0 Å². The molecule has 0 radical (unpaired) electrons. The lowest BCUT2D eigenvalue weighted by Gasteiger charge is -2.18. The molecule has 0 spiro atoms. The maximum absolute atomic E-state index is 12.8. The van der Waals surface area contributed by atoms with Crippen molar-refractivity contribution < 1.29 is 28.6 Å². The Morgan fingerprint density at radius 2 is 0.545 bits per heavy atom. The summed E-state index contributed by atoms with van der Waals surface area (Å²) in [5, 5.41) is 0. The molecule has 386 valence electrons. The summed E-state index contributed by atoms with van der Waals surface area (Å²) in [4.78, 5) is 38.1. The lowest BCUT2D eigenvalue weighted by molar-refractivity contribution is -0.167. The van der Waals surface area contributed by atoms with Gasteiger partial charge in [0.25, 0.3) is 0 Å². The van der Waals surface area contributed by atoms with Gasteiger partial charge in [-0.25, -0.2) is 0 Å². The zero-order chi connectivity index (χ0) is 47.9. The van der Waals surface area contributed by atoms with Crippen molar-refractivity contribution in [1.82, 2.24) is 0 Å². The number of hydrogen-bond donors (Lipinski definition) is 0. The smallest absolute Gasteiger partial charge is 0.306 e. The van der Waals surface area contributed by atoms with Gasteiger partial charge in [-0.15, -0.1) is 0 Å². The molecule has 1 unspecified atom stereocenters. The molecule has 0 N–H and O–H groups in total. The molecule has 66 heavy (non-hydrogen) atoms. The maximum Gasteiger partial charge on any atom is 0.306 e. The Bertz CT molecular complexity index is 1110. The quantitative estimate of drug-likeness (QED) is 0.0199. The Balaban J connectivity index is 4.37. The fraction of sp³-hybridized carbons (Fsp3) is 0.850. The topological polar surface area (TPSA) is 78.9 Å². The molecule has 0 saturated heterocycles. The van der Waals surface area contributed by atoms with Crippen molar-refractivity contribution in [2.75, 3.05) is 13.2 Å². The van der Waals surface area contributed by atoms with Gasteiger partial charge in [0, 0.05) is 19.3 Å². The average molecular weight is 928 g/mol. The summed E-state index contributed by atoms with van der Waals surface area (Å²) >= 11 is 0. The normalized spacial score (nSPS) is 12.2. The van der Waals surface area contributed by atoms with E-state index in [1.165, 1.54) is 199 Å². The van der Waals surface area contributed by atoms with Crippen molar-refractivity contribution >= 4 is 17.9 Å². The van der Waals surface area contributed by atoms with Crippen LogP contribution in [0.3, 0.4) is 0 Å². The fourth-order valence-electron chi connectivity index (χ4n) is 8.49. The molecule has 0 aromatic rings. The average Bonchev–Trinajstić information content (AvgIpc) is 3.31. The molecule has 1 atom stereocenters. The highest BCUT2D eigenvalue weighted by molar-refractivity contribution is 5.71. The molecule has 0 bridgehead atoms. The number of carbonyl (C=O) groups excluding carboxylic acids is 3. The molecule has 0 fully saturated rings. The van der Waals surface area contributed by atoms with E-state index in [1.807, 2.05) is 0 Å². The van der Waals surface area contributed by atoms with Crippen LogP contribution in [0.4, 0.5) is 0 Å².